The molecule has 0 aliphatic carbocycles. The van der Waals surface area contributed by atoms with E-state index in [1.54, 1.807) is 0 Å². The van der Waals surface area contributed by atoms with Crippen LogP contribution in [0.15, 0.2) is 4.99 Å². The van der Waals surface area contributed by atoms with Crippen LogP contribution < -0.4 is 0 Å². The monoisotopic (exact) mass is 82.1 g/mol. The van der Waals surface area contributed by atoms with Crippen molar-refractivity contribution in [2.24, 2.45) is 4.99 Å². The fourth-order valence-corrected chi connectivity index (χ4v) is 0.565. The summed E-state index contributed by atoms with van der Waals surface area (Å²) >= 11 is 0. The average molecular weight is 82.1 g/mol. The van der Waals surface area contributed by atoms with Crippen molar-refractivity contribution in [1.29, 1.82) is 0 Å². The van der Waals surface area contributed by atoms with Crippen molar-refractivity contribution in [3.63, 3.8) is 0 Å². The summed E-state index contributed by atoms with van der Waals surface area (Å²) in [6.45, 7) is 3.74. The minimum absolute atomic E-state index is 0.366. The van der Waals surface area contributed by atoms with Gasteiger partial charge in [0.15, 0.2) is 0 Å². The molecule has 0 bridgehead atoms. The van der Waals surface area contributed by atoms with Crippen molar-refractivity contribution in [3.05, 3.63) is 6.92 Å². The highest BCUT2D eigenvalue weighted by atomic mass is 14.8. The second-order valence-corrected chi connectivity index (χ2v) is 1.56. The van der Waals surface area contributed by atoms with E-state index in [2.05, 4.69) is 11.9 Å². The van der Waals surface area contributed by atoms with Crippen LogP contribution in [0.3, 0.4) is 0 Å². The van der Waals surface area contributed by atoms with Crippen molar-refractivity contribution in [1.82, 2.24) is 0 Å². The minimum Gasteiger partial charge on any atom is -0.294 e. The quantitative estimate of drug-likeness (QED) is 0.414. The molecule has 0 spiro atoms. The van der Waals surface area contributed by atoms with E-state index in [0.717, 1.165) is 12.8 Å². The van der Waals surface area contributed by atoms with Crippen LogP contribution in [0.25, 0.3) is 0 Å². The Morgan fingerprint density at radius 1 is 1.83 bits per heavy atom. The van der Waals surface area contributed by atoms with Gasteiger partial charge in [-0.25, -0.2) is 0 Å². The molecule has 1 nitrogen and oxygen atoms in total. The first kappa shape index (κ1) is 3.85. The Morgan fingerprint density at radius 2 is 2.67 bits per heavy atom. The Morgan fingerprint density at radius 3 is 2.83 bits per heavy atom. The van der Waals surface area contributed by atoms with Crippen molar-refractivity contribution in [2.45, 2.75) is 18.9 Å². The molecule has 0 saturated carbocycles. The molecule has 1 unspecified atom stereocenters. The number of hydrogen-bond acceptors (Lipinski definition) is 1. The van der Waals surface area contributed by atoms with E-state index in [-0.39, 0.29) is 0 Å². The van der Waals surface area contributed by atoms with Crippen molar-refractivity contribution in [2.75, 3.05) is 0 Å². The predicted octanol–water partition coefficient (Wildman–Crippen LogP) is 1.05. The summed E-state index contributed by atoms with van der Waals surface area (Å²) in [5, 5.41) is 0. The lowest BCUT2D eigenvalue weighted by molar-refractivity contribution is 0.804. The third-order valence-corrected chi connectivity index (χ3v) is 0.945. The van der Waals surface area contributed by atoms with Gasteiger partial charge in [-0.2, -0.15) is 0 Å². The topological polar surface area (TPSA) is 12.4 Å². The van der Waals surface area contributed by atoms with E-state index in [9.17, 15) is 0 Å². The molecule has 1 heteroatoms. The molecule has 6 heavy (non-hydrogen) atoms. The molecule has 0 aromatic rings. The molecule has 0 aromatic carbocycles. The van der Waals surface area contributed by atoms with Gasteiger partial charge in [0.05, 0.1) is 0 Å². The maximum atomic E-state index is 4.00. The average Bonchev–Trinajstić information content (AvgIpc) is 1.86. The SMILES string of the molecule is [CH2]C1CCC=N1. The normalized spacial score (nSPS) is 31.8. The van der Waals surface area contributed by atoms with Crippen LogP contribution >= 0.6 is 0 Å². The smallest absolute Gasteiger partial charge is 0.0500 e. The molecule has 0 amide bonds. The van der Waals surface area contributed by atoms with Gasteiger partial charge >= 0.3 is 0 Å². The van der Waals surface area contributed by atoms with E-state index in [0.29, 0.717) is 6.04 Å². The third kappa shape index (κ3) is 0.588. The molecule has 1 heterocycles. The molecule has 1 aliphatic heterocycles. The van der Waals surface area contributed by atoms with Crippen molar-refractivity contribution >= 4 is 6.21 Å². The van der Waals surface area contributed by atoms with Crippen molar-refractivity contribution in [3.8, 4) is 0 Å². The summed E-state index contributed by atoms with van der Waals surface area (Å²) in [5.74, 6) is 0. The van der Waals surface area contributed by atoms with Crippen LogP contribution in [0.2, 0.25) is 0 Å². The van der Waals surface area contributed by atoms with Gasteiger partial charge in [0.2, 0.25) is 0 Å². The Balaban J connectivity index is 2.38. The summed E-state index contributed by atoms with van der Waals surface area (Å²) < 4.78 is 0. The fraction of sp³-hybridized carbons (Fsp3) is 0.600. The number of aliphatic imine (C=N–C) groups is 1. The highest BCUT2D eigenvalue weighted by molar-refractivity contribution is 5.59. The third-order valence-electron chi connectivity index (χ3n) is 0.945. The zero-order valence-electron chi connectivity index (χ0n) is 3.72. The molecular weight excluding hydrogens is 74.1 g/mol. The summed E-state index contributed by atoms with van der Waals surface area (Å²) in [6.07, 6.45) is 4.23. The first-order chi connectivity index (χ1) is 2.89. The van der Waals surface area contributed by atoms with Gasteiger partial charge in [-0.1, -0.05) is 0 Å². The predicted molar refractivity (Wildman–Crippen MR) is 26.9 cm³/mol. The van der Waals surface area contributed by atoms with Gasteiger partial charge in [0.1, 0.15) is 0 Å². The Labute approximate surface area is 38.1 Å². The molecule has 33 valence electrons. The van der Waals surface area contributed by atoms with Crippen LogP contribution in [0.1, 0.15) is 12.8 Å². The zero-order chi connectivity index (χ0) is 4.41. The molecule has 0 saturated heterocycles. The second-order valence-electron chi connectivity index (χ2n) is 1.56. The van der Waals surface area contributed by atoms with Crippen LogP contribution in [0, 0.1) is 6.92 Å². The lowest BCUT2D eigenvalue weighted by atomic mass is 10.2. The van der Waals surface area contributed by atoms with Gasteiger partial charge in [0.25, 0.3) is 0 Å². The molecule has 0 fully saturated rings. The fourth-order valence-electron chi connectivity index (χ4n) is 0.565. The summed E-state index contributed by atoms with van der Waals surface area (Å²) in [7, 11) is 0. The van der Waals surface area contributed by atoms with Crippen molar-refractivity contribution < 1.29 is 0 Å². The van der Waals surface area contributed by atoms with Crippen LogP contribution in [0.5, 0.6) is 0 Å². The highest BCUT2D eigenvalue weighted by Gasteiger charge is 2.00. The van der Waals surface area contributed by atoms with E-state index in [4.69, 9.17) is 0 Å². The number of hydrogen-bond donors (Lipinski definition) is 0. The maximum absolute atomic E-state index is 4.00. The van der Waals surface area contributed by atoms with E-state index in [1.807, 2.05) is 6.21 Å². The van der Waals surface area contributed by atoms with E-state index in [1.165, 1.54) is 0 Å². The van der Waals surface area contributed by atoms with E-state index >= 15 is 0 Å². The molecule has 1 aliphatic rings. The first-order valence-electron chi connectivity index (χ1n) is 2.24. The second kappa shape index (κ2) is 1.41. The van der Waals surface area contributed by atoms with Gasteiger partial charge in [0, 0.05) is 6.04 Å². The number of rotatable bonds is 0. The Hall–Kier alpha value is -0.330. The minimum atomic E-state index is 0.366. The van der Waals surface area contributed by atoms with Gasteiger partial charge in [-0.15, -0.1) is 0 Å². The highest BCUT2D eigenvalue weighted by Crippen LogP contribution is 2.04. The van der Waals surface area contributed by atoms with Crippen LogP contribution in [-0.2, 0) is 0 Å². The summed E-state index contributed by atoms with van der Waals surface area (Å²) in [6, 6.07) is 0.366. The first-order valence-corrected chi connectivity index (χ1v) is 2.24. The largest absolute Gasteiger partial charge is 0.294 e. The molecular formula is C5H8N. The molecule has 0 N–H and O–H groups in total. The maximum Gasteiger partial charge on any atom is 0.0500 e. The summed E-state index contributed by atoms with van der Waals surface area (Å²) in [4.78, 5) is 4.00. The van der Waals surface area contributed by atoms with Gasteiger partial charge < -0.3 is 0 Å². The lowest BCUT2D eigenvalue weighted by Crippen LogP contribution is -1.87. The molecule has 1 atom stereocenters. The van der Waals surface area contributed by atoms with Gasteiger partial charge in [-0.3, -0.25) is 4.99 Å². The zero-order valence-corrected chi connectivity index (χ0v) is 3.72. The molecule has 1 radical (unpaired) electrons. The summed E-state index contributed by atoms with van der Waals surface area (Å²) in [5.41, 5.74) is 0. The lowest BCUT2D eigenvalue weighted by Gasteiger charge is -1.88. The number of nitrogens with zero attached hydrogens (tertiary/aromatic N) is 1. The molecule has 1 rings (SSSR count). The van der Waals surface area contributed by atoms with Crippen LogP contribution in [0.4, 0.5) is 0 Å². The van der Waals surface area contributed by atoms with Crippen LogP contribution in [-0.4, -0.2) is 12.3 Å². The Bertz CT molecular complexity index is 66.3. The van der Waals surface area contributed by atoms with E-state index < -0.39 is 0 Å². The standard InChI is InChI=1S/C5H8N/c1-5-3-2-4-6-5/h4-5H,1-3H2. The molecule has 0 aromatic heterocycles. The van der Waals surface area contributed by atoms with Gasteiger partial charge in [-0.05, 0) is 26.0 Å². The Kier molecular flexibility index (Phi) is 0.906.